The van der Waals surface area contributed by atoms with Crippen molar-refractivity contribution in [2.24, 2.45) is 0 Å². The highest BCUT2D eigenvalue weighted by Gasteiger charge is 2.08. The van der Waals surface area contributed by atoms with Crippen LogP contribution in [0.4, 0.5) is 4.39 Å². The molecule has 0 radical (unpaired) electrons. The van der Waals surface area contributed by atoms with Crippen LogP contribution in [0.3, 0.4) is 0 Å². The molecular formula is C12H19FN2. The van der Waals surface area contributed by atoms with Crippen molar-refractivity contribution in [2.75, 3.05) is 0 Å². The van der Waals surface area contributed by atoms with Crippen LogP contribution >= 0.6 is 0 Å². The Hall–Kier alpha value is -1.12. The van der Waals surface area contributed by atoms with Crippen molar-refractivity contribution in [2.45, 2.75) is 47.1 Å². The predicted molar refractivity (Wildman–Crippen MR) is 61.5 cm³/mol. The summed E-state index contributed by atoms with van der Waals surface area (Å²) in [7, 11) is 0. The molecule has 3 heteroatoms. The lowest BCUT2D eigenvalue weighted by Gasteiger charge is -2.09. The SMILES string of the molecule is CC/C=c1\c(=C(/C)F)nc(C)n1C(C)C. The number of nitrogens with zero attached hydrogens (tertiary/aromatic N) is 2. The lowest BCUT2D eigenvalue weighted by atomic mass is 10.3. The van der Waals surface area contributed by atoms with E-state index in [1.807, 2.05) is 19.9 Å². The lowest BCUT2D eigenvalue weighted by Crippen LogP contribution is -2.32. The van der Waals surface area contributed by atoms with Crippen molar-refractivity contribution in [1.29, 1.82) is 0 Å². The Morgan fingerprint density at radius 1 is 1.53 bits per heavy atom. The van der Waals surface area contributed by atoms with Gasteiger partial charge in [-0.1, -0.05) is 13.0 Å². The van der Waals surface area contributed by atoms with E-state index in [1.165, 1.54) is 6.92 Å². The number of hydrogen-bond acceptors (Lipinski definition) is 1. The van der Waals surface area contributed by atoms with Gasteiger partial charge < -0.3 is 4.57 Å². The highest BCUT2D eigenvalue weighted by Crippen LogP contribution is 2.02. The molecule has 0 aliphatic heterocycles. The molecule has 0 aromatic carbocycles. The topological polar surface area (TPSA) is 17.8 Å². The van der Waals surface area contributed by atoms with Gasteiger partial charge >= 0.3 is 0 Å². The van der Waals surface area contributed by atoms with Crippen LogP contribution in [0, 0.1) is 6.92 Å². The predicted octanol–water partition coefficient (Wildman–Crippen LogP) is 2.06. The molecule has 0 aliphatic carbocycles. The third kappa shape index (κ3) is 2.28. The number of aromatic nitrogens is 2. The van der Waals surface area contributed by atoms with Gasteiger partial charge in [-0.15, -0.1) is 0 Å². The zero-order valence-corrected chi connectivity index (χ0v) is 10.1. The molecule has 0 bridgehead atoms. The first-order valence-electron chi connectivity index (χ1n) is 5.40. The summed E-state index contributed by atoms with van der Waals surface area (Å²) in [6.07, 6.45) is 2.91. The second kappa shape index (κ2) is 4.60. The first-order chi connectivity index (χ1) is 6.99. The van der Waals surface area contributed by atoms with Gasteiger partial charge in [0.25, 0.3) is 0 Å². The average Bonchev–Trinajstić information content (AvgIpc) is 2.43. The van der Waals surface area contributed by atoms with Crippen LogP contribution in [-0.2, 0) is 0 Å². The van der Waals surface area contributed by atoms with Crippen LogP contribution < -0.4 is 10.7 Å². The molecule has 1 aromatic heterocycles. The van der Waals surface area contributed by atoms with Gasteiger partial charge in [0, 0.05) is 6.04 Å². The Balaban J connectivity index is 3.69. The Bertz CT molecular complexity index is 451. The van der Waals surface area contributed by atoms with Crippen molar-refractivity contribution in [3.8, 4) is 0 Å². The molecule has 0 fully saturated rings. The molecule has 1 aromatic rings. The summed E-state index contributed by atoms with van der Waals surface area (Å²) in [5.41, 5.74) is 0. The molecule has 0 unspecified atom stereocenters. The van der Waals surface area contributed by atoms with Gasteiger partial charge in [0.05, 0.1) is 5.35 Å². The molecule has 0 atom stereocenters. The molecule has 15 heavy (non-hydrogen) atoms. The fourth-order valence-electron chi connectivity index (χ4n) is 1.86. The number of rotatable bonds is 2. The highest BCUT2D eigenvalue weighted by molar-refractivity contribution is 5.32. The van der Waals surface area contributed by atoms with Gasteiger partial charge in [0.1, 0.15) is 17.0 Å². The standard InChI is InChI=1S/C12H19FN2/c1-6-7-11-12(9(4)13)14-10(5)15(11)8(2)3/h7-8H,6H2,1-5H3/b11-7+,12-9-. The van der Waals surface area contributed by atoms with Gasteiger partial charge in [-0.3, -0.25) is 0 Å². The minimum atomic E-state index is -0.211. The van der Waals surface area contributed by atoms with Crippen LogP contribution in [0.1, 0.15) is 46.0 Å². The molecule has 2 nitrogen and oxygen atoms in total. The molecule has 0 aliphatic rings. The van der Waals surface area contributed by atoms with E-state index in [4.69, 9.17) is 0 Å². The zero-order valence-electron chi connectivity index (χ0n) is 10.1. The molecule has 0 amide bonds. The lowest BCUT2D eigenvalue weighted by molar-refractivity contribution is 0.568. The Labute approximate surface area is 90.1 Å². The normalized spacial score (nSPS) is 15.0. The first-order valence-corrected chi connectivity index (χ1v) is 5.40. The maximum absolute atomic E-state index is 13.3. The summed E-state index contributed by atoms with van der Waals surface area (Å²) in [5, 5.41) is 1.40. The summed E-state index contributed by atoms with van der Waals surface area (Å²) >= 11 is 0. The van der Waals surface area contributed by atoms with Crippen molar-refractivity contribution in [3.05, 3.63) is 16.5 Å². The van der Waals surface area contributed by atoms with E-state index in [2.05, 4.69) is 23.4 Å². The molecule has 84 valence electrons. The molecule has 0 spiro atoms. The van der Waals surface area contributed by atoms with E-state index >= 15 is 0 Å². The fraction of sp³-hybridized carbons (Fsp3) is 0.583. The van der Waals surface area contributed by atoms with Gasteiger partial charge in [0.15, 0.2) is 0 Å². The Morgan fingerprint density at radius 3 is 2.53 bits per heavy atom. The minimum Gasteiger partial charge on any atom is -0.326 e. The van der Waals surface area contributed by atoms with E-state index in [-0.39, 0.29) is 5.83 Å². The van der Waals surface area contributed by atoms with Crippen molar-refractivity contribution in [1.82, 2.24) is 9.55 Å². The maximum atomic E-state index is 13.3. The van der Waals surface area contributed by atoms with E-state index in [9.17, 15) is 4.39 Å². The van der Waals surface area contributed by atoms with E-state index in [1.54, 1.807) is 0 Å². The van der Waals surface area contributed by atoms with E-state index < -0.39 is 0 Å². The number of aryl methyl sites for hydroxylation is 1. The summed E-state index contributed by atoms with van der Waals surface area (Å²) in [6.45, 7) is 9.58. The largest absolute Gasteiger partial charge is 0.326 e. The van der Waals surface area contributed by atoms with Crippen molar-refractivity contribution >= 4 is 11.9 Å². The van der Waals surface area contributed by atoms with E-state index in [0.717, 1.165) is 17.6 Å². The van der Waals surface area contributed by atoms with Crippen LogP contribution in [0.15, 0.2) is 0 Å². The second-order valence-electron chi connectivity index (χ2n) is 4.00. The summed E-state index contributed by atoms with van der Waals surface area (Å²) in [4.78, 5) is 4.27. The summed E-state index contributed by atoms with van der Waals surface area (Å²) < 4.78 is 15.4. The quantitative estimate of drug-likeness (QED) is 0.730. The third-order valence-corrected chi connectivity index (χ3v) is 2.36. The van der Waals surface area contributed by atoms with Crippen molar-refractivity contribution < 1.29 is 4.39 Å². The first kappa shape index (κ1) is 12.0. The summed E-state index contributed by atoms with van der Waals surface area (Å²) in [6, 6.07) is 0.309. The van der Waals surface area contributed by atoms with Gasteiger partial charge in [-0.25, -0.2) is 9.37 Å². The molecule has 0 N–H and O–H groups in total. The average molecular weight is 210 g/mol. The molecule has 1 heterocycles. The minimum absolute atomic E-state index is 0.211. The van der Waals surface area contributed by atoms with Crippen LogP contribution in [0.5, 0.6) is 0 Å². The smallest absolute Gasteiger partial charge is 0.125 e. The molecular weight excluding hydrogens is 191 g/mol. The van der Waals surface area contributed by atoms with Crippen LogP contribution in [0.25, 0.3) is 11.9 Å². The number of hydrogen-bond donors (Lipinski definition) is 0. The molecule has 1 rings (SSSR count). The van der Waals surface area contributed by atoms with Gasteiger partial charge in [-0.05, 0) is 34.1 Å². The highest BCUT2D eigenvalue weighted by atomic mass is 19.1. The molecule has 0 saturated carbocycles. The van der Waals surface area contributed by atoms with Crippen molar-refractivity contribution in [3.63, 3.8) is 0 Å². The Kier molecular flexibility index (Phi) is 3.66. The Morgan fingerprint density at radius 2 is 2.13 bits per heavy atom. The van der Waals surface area contributed by atoms with E-state index in [0.29, 0.717) is 11.4 Å². The molecule has 0 saturated heterocycles. The maximum Gasteiger partial charge on any atom is 0.125 e. The third-order valence-electron chi connectivity index (χ3n) is 2.36. The fourth-order valence-corrected chi connectivity index (χ4v) is 1.86. The number of imidazole rings is 1. The van der Waals surface area contributed by atoms with Crippen LogP contribution in [0.2, 0.25) is 0 Å². The number of halogens is 1. The second-order valence-corrected chi connectivity index (χ2v) is 4.00. The monoisotopic (exact) mass is 210 g/mol. The van der Waals surface area contributed by atoms with Gasteiger partial charge in [-0.2, -0.15) is 0 Å². The van der Waals surface area contributed by atoms with Gasteiger partial charge in [0.2, 0.25) is 0 Å². The summed E-state index contributed by atoms with van der Waals surface area (Å²) in [5.74, 6) is 0.661. The van der Waals surface area contributed by atoms with Crippen LogP contribution in [-0.4, -0.2) is 9.55 Å². The zero-order chi connectivity index (χ0) is 11.6.